The topological polar surface area (TPSA) is 41.3 Å². The van der Waals surface area contributed by atoms with Crippen molar-refractivity contribution in [2.75, 3.05) is 31.2 Å². The highest BCUT2D eigenvalue weighted by Crippen LogP contribution is 2.23. The Bertz CT molecular complexity index is 396. The molecule has 0 unspecified atom stereocenters. The van der Waals surface area contributed by atoms with Crippen LogP contribution in [0.4, 0.5) is 15.8 Å². The predicted molar refractivity (Wildman–Crippen MR) is 84.4 cm³/mol. The van der Waals surface area contributed by atoms with Gasteiger partial charge in [0.15, 0.2) is 0 Å². The Morgan fingerprint density at radius 1 is 1.44 bits per heavy atom. The molecule has 0 radical (unpaired) electrons. The van der Waals surface area contributed by atoms with E-state index in [0.717, 1.165) is 19.5 Å². The van der Waals surface area contributed by atoms with Crippen LogP contribution in [-0.2, 0) is 0 Å². The van der Waals surface area contributed by atoms with Crippen molar-refractivity contribution in [2.45, 2.75) is 26.3 Å². The maximum Gasteiger partial charge on any atom is 0.138 e. The summed E-state index contributed by atoms with van der Waals surface area (Å²) < 4.78 is 13.9. The fraction of sp³-hybridized carbons (Fsp3) is 0.538. The van der Waals surface area contributed by atoms with Crippen molar-refractivity contribution in [1.29, 1.82) is 0 Å². The molecule has 0 spiro atoms. The van der Waals surface area contributed by atoms with Gasteiger partial charge in [0.25, 0.3) is 0 Å². The second-order valence-electron chi connectivity index (χ2n) is 4.71. The van der Waals surface area contributed by atoms with Gasteiger partial charge < -0.3 is 16.0 Å². The number of benzene rings is 1. The number of hydrogen-bond donors (Lipinski definition) is 2. The Balaban J connectivity index is 2.42. The molecule has 0 bridgehead atoms. The lowest BCUT2D eigenvalue weighted by Gasteiger charge is -2.21. The van der Waals surface area contributed by atoms with Crippen LogP contribution in [0.1, 0.15) is 20.3 Å². The average molecular weight is 365 g/mol. The molecule has 0 heterocycles. The van der Waals surface area contributed by atoms with E-state index in [1.165, 1.54) is 6.07 Å². The predicted octanol–water partition coefficient (Wildman–Crippen LogP) is 3.15. The summed E-state index contributed by atoms with van der Waals surface area (Å²) in [6, 6.07) is 3.66. The minimum atomic E-state index is -0.230. The zero-order valence-corrected chi connectivity index (χ0v) is 13.3. The minimum Gasteiger partial charge on any atom is -0.397 e. The number of hydrogen-bond acceptors (Lipinski definition) is 3. The van der Waals surface area contributed by atoms with Gasteiger partial charge in [-0.05, 0) is 62.5 Å². The Kier molecular flexibility index (Phi) is 6.14. The molecular formula is C13H21FIN3. The fourth-order valence-electron chi connectivity index (χ4n) is 1.53. The summed E-state index contributed by atoms with van der Waals surface area (Å²) in [6.07, 6.45) is 1.00. The molecule has 3 N–H and O–H groups in total. The molecule has 3 nitrogen and oxygen atoms in total. The van der Waals surface area contributed by atoms with Gasteiger partial charge in [0, 0.05) is 18.7 Å². The van der Waals surface area contributed by atoms with Gasteiger partial charge in [0.1, 0.15) is 5.82 Å². The molecule has 0 saturated carbocycles. The SMILES string of the molecule is CC(C)N(C)CCCNc1cc(F)c(I)cc1N. The molecule has 0 amide bonds. The van der Waals surface area contributed by atoms with Gasteiger partial charge in [0.2, 0.25) is 0 Å². The third-order valence-corrected chi connectivity index (χ3v) is 3.80. The van der Waals surface area contributed by atoms with Crippen LogP contribution in [0.5, 0.6) is 0 Å². The zero-order chi connectivity index (χ0) is 13.7. The summed E-state index contributed by atoms with van der Waals surface area (Å²) in [5.41, 5.74) is 7.11. The van der Waals surface area contributed by atoms with Gasteiger partial charge in [-0.3, -0.25) is 0 Å². The largest absolute Gasteiger partial charge is 0.397 e. The molecule has 18 heavy (non-hydrogen) atoms. The quantitative estimate of drug-likeness (QED) is 0.462. The normalized spacial score (nSPS) is 11.3. The Hall–Kier alpha value is -0.560. The van der Waals surface area contributed by atoms with Crippen LogP contribution in [0.2, 0.25) is 0 Å². The third kappa shape index (κ3) is 4.61. The first-order chi connectivity index (χ1) is 8.41. The van der Waals surface area contributed by atoms with Crippen LogP contribution in [0.25, 0.3) is 0 Å². The number of nitrogen functional groups attached to an aromatic ring is 1. The molecule has 0 aliphatic carbocycles. The average Bonchev–Trinajstić information content (AvgIpc) is 2.30. The molecule has 0 aliphatic rings. The number of anilines is 2. The first-order valence-electron chi connectivity index (χ1n) is 6.10. The molecule has 0 atom stereocenters. The van der Waals surface area contributed by atoms with Crippen LogP contribution in [0, 0.1) is 9.39 Å². The molecule has 0 saturated heterocycles. The van der Waals surface area contributed by atoms with Gasteiger partial charge in [-0.25, -0.2) is 4.39 Å². The molecule has 1 rings (SSSR count). The number of nitrogens with two attached hydrogens (primary N) is 1. The lowest BCUT2D eigenvalue weighted by atomic mass is 10.2. The zero-order valence-electron chi connectivity index (χ0n) is 11.1. The van der Waals surface area contributed by atoms with Crippen LogP contribution in [-0.4, -0.2) is 31.1 Å². The van der Waals surface area contributed by atoms with E-state index in [0.29, 0.717) is 21.0 Å². The van der Waals surface area contributed by atoms with Gasteiger partial charge in [-0.1, -0.05) is 0 Å². The Labute approximate surface area is 122 Å². The maximum absolute atomic E-state index is 13.4. The maximum atomic E-state index is 13.4. The molecule has 5 heteroatoms. The molecule has 102 valence electrons. The molecule has 1 aromatic rings. The number of nitrogens with zero attached hydrogens (tertiary/aromatic N) is 1. The second kappa shape index (κ2) is 7.13. The summed E-state index contributed by atoms with van der Waals surface area (Å²) in [5, 5.41) is 3.18. The van der Waals surface area contributed by atoms with E-state index in [9.17, 15) is 4.39 Å². The first kappa shape index (κ1) is 15.5. The number of halogens is 2. The van der Waals surface area contributed by atoms with Crippen molar-refractivity contribution in [2.24, 2.45) is 0 Å². The van der Waals surface area contributed by atoms with E-state index in [4.69, 9.17) is 5.73 Å². The van der Waals surface area contributed by atoms with E-state index in [2.05, 4.69) is 31.1 Å². The molecular weight excluding hydrogens is 344 g/mol. The second-order valence-corrected chi connectivity index (χ2v) is 5.87. The Morgan fingerprint density at radius 3 is 2.72 bits per heavy atom. The van der Waals surface area contributed by atoms with Crippen LogP contribution in [0.3, 0.4) is 0 Å². The summed E-state index contributed by atoms with van der Waals surface area (Å²) in [7, 11) is 2.10. The van der Waals surface area contributed by atoms with E-state index in [-0.39, 0.29) is 5.82 Å². The summed E-state index contributed by atoms with van der Waals surface area (Å²) in [6.45, 7) is 6.14. The first-order valence-corrected chi connectivity index (χ1v) is 7.18. The Morgan fingerprint density at radius 2 is 2.11 bits per heavy atom. The summed E-state index contributed by atoms with van der Waals surface area (Å²) in [5.74, 6) is -0.230. The van der Waals surface area contributed by atoms with Crippen molar-refractivity contribution < 1.29 is 4.39 Å². The fourth-order valence-corrected chi connectivity index (χ4v) is 2.02. The van der Waals surface area contributed by atoms with Crippen LogP contribution in [0.15, 0.2) is 12.1 Å². The minimum absolute atomic E-state index is 0.230. The van der Waals surface area contributed by atoms with Crippen LogP contribution < -0.4 is 11.1 Å². The van der Waals surface area contributed by atoms with Crippen LogP contribution >= 0.6 is 22.6 Å². The number of rotatable bonds is 6. The molecule has 0 fully saturated rings. The van der Waals surface area contributed by atoms with E-state index in [1.54, 1.807) is 6.07 Å². The summed E-state index contributed by atoms with van der Waals surface area (Å²) >= 11 is 1.94. The van der Waals surface area contributed by atoms with Gasteiger partial charge in [0.05, 0.1) is 14.9 Å². The third-order valence-electron chi connectivity index (χ3n) is 2.98. The molecule has 0 aromatic heterocycles. The number of nitrogens with one attached hydrogen (secondary N) is 1. The highest BCUT2D eigenvalue weighted by molar-refractivity contribution is 14.1. The smallest absolute Gasteiger partial charge is 0.138 e. The van der Waals surface area contributed by atoms with Gasteiger partial charge in [-0.2, -0.15) is 0 Å². The van der Waals surface area contributed by atoms with Crippen molar-refractivity contribution in [3.63, 3.8) is 0 Å². The van der Waals surface area contributed by atoms with Crippen molar-refractivity contribution in [3.05, 3.63) is 21.5 Å². The lowest BCUT2D eigenvalue weighted by Crippen LogP contribution is -2.28. The molecule has 1 aromatic carbocycles. The standard InChI is InChI=1S/C13H21FIN3/c1-9(2)18(3)6-4-5-17-13-7-10(14)11(15)8-12(13)16/h7-9,17H,4-6,16H2,1-3H3. The van der Waals surface area contributed by atoms with Gasteiger partial charge in [-0.15, -0.1) is 0 Å². The van der Waals surface area contributed by atoms with Gasteiger partial charge >= 0.3 is 0 Å². The van der Waals surface area contributed by atoms with E-state index < -0.39 is 0 Å². The molecule has 0 aliphatic heterocycles. The monoisotopic (exact) mass is 365 g/mol. The summed E-state index contributed by atoms with van der Waals surface area (Å²) in [4.78, 5) is 2.28. The highest BCUT2D eigenvalue weighted by Gasteiger charge is 2.06. The van der Waals surface area contributed by atoms with Crippen molar-refractivity contribution in [3.8, 4) is 0 Å². The van der Waals surface area contributed by atoms with Crippen molar-refractivity contribution in [1.82, 2.24) is 4.90 Å². The van der Waals surface area contributed by atoms with E-state index >= 15 is 0 Å². The van der Waals surface area contributed by atoms with Crippen molar-refractivity contribution >= 4 is 34.0 Å². The van der Waals surface area contributed by atoms with E-state index in [1.807, 2.05) is 22.6 Å². The lowest BCUT2D eigenvalue weighted by molar-refractivity contribution is 0.273. The highest BCUT2D eigenvalue weighted by atomic mass is 127.